The van der Waals surface area contributed by atoms with E-state index >= 15 is 0 Å². The molecular weight excluding hydrogens is 552 g/mol. The molecule has 0 bridgehead atoms. The Morgan fingerprint density at radius 1 is 0.667 bits per heavy atom. The van der Waals surface area contributed by atoms with Gasteiger partial charge >= 0.3 is 5.97 Å². The summed E-state index contributed by atoms with van der Waals surface area (Å²) in [6, 6.07) is 0. The highest BCUT2D eigenvalue weighted by atomic mass is 16.8. The third-order valence-corrected chi connectivity index (χ3v) is 8.28. The molecule has 0 aromatic rings. The van der Waals surface area contributed by atoms with Crippen LogP contribution in [0, 0.1) is 0 Å². The van der Waals surface area contributed by atoms with Crippen molar-refractivity contribution in [1.82, 2.24) is 0 Å². The molecule has 0 aliphatic carbocycles. The molecule has 0 aromatic heterocycles. The van der Waals surface area contributed by atoms with E-state index in [2.05, 4.69) is 6.92 Å². The first-order valence-electron chi connectivity index (χ1n) is 16.0. The Hall–Kier alpha value is -0.930. The first-order chi connectivity index (χ1) is 20.2. The van der Waals surface area contributed by atoms with E-state index in [0.29, 0.717) is 6.42 Å². The number of ether oxygens (including phenoxy) is 4. The molecule has 2 aliphatic heterocycles. The van der Waals surface area contributed by atoms with Gasteiger partial charge in [0.25, 0.3) is 0 Å². The van der Waals surface area contributed by atoms with Crippen molar-refractivity contribution in [2.24, 2.45) is 0 Å². The number of unbranched alkanes of at least 4 members (excludes halogenated alkanes) is 14. The highest BCUT2D eigenvalue weighted by Gasteiger charge is 2.60. The number of aliphatic hydroxyl groups excluding tert-OH is 7. The molecule has 42 heavy (non-hydrogen) atoms. The first-order valence-corrected chi connectivity index (χ1v) is 16.0. The van der Waals surface area contributed by atoms with Gasteiger partial charge in [-0.05, 0) is 6.42 Å². The van der Waals surface area contributed by atoms with Crippen LogP contribution >= 0.6 is 0 Å². The molecule has 2 aliphatic rings. The molecule has 2 heterocycles. The van der Waals surface area contributed by atoms with Gasteiger partial charge in [0, 0.05) is 6.42 Å². The number of aliphatic hydroxyl groups is 7. The van der Waals surface area contributed by atoms with Gasteiger partial charge in [-0.1, -0.05) is 96.8 Å². The number of carbonyl (C=O) groups excluding carboxylic acids is 1. The fraction of sp³-hybridized carbons (Fsp3) is 0.967. The van der Waals surface area contributed by atoms with Gasteiger partial charge in [-0.25, -0.2) is 0 Å². The van der Waals surface area contributed by atoms with Gasteiger partial charge < -0.3 is 54.7 Å². The molecule has 248 valence electrons. The molecule has 2 rings (SSSR count). The normalized spacial score (nSPS) is 33.2. The zero-order valence-electron chi connectivity index (χ0n) is 25.2. The summed E-state index contributed by atoms with van der Waals surface area (Å²) >= 11 is 0. The highest BCUT2D eigenvalue weighted by Crippen LogP contribution is 2.38. The van der Waals surface area contributed by atoms with Crippen molar-refractivity contribution in [2.45, 2.75) is 164 Å². The minimum Gasteiger partial charge on any atom is -0.454 e. The maximum atomic E-state index is 12.7. The first kappa shape index (κ1) is 37.3. The molecule has 12 heteroatoms. The molecule has 0 spiro atoms. The fourth-order valence-corrected chi connectivity index (χ4v) is 5.61. The molecular formula is C30H56O12. The van der Waals surface area contributed by atoms with Gasteiger partial charge in [0.05, 0.1) is 13.2 Å². The monoisotopic (exact) mass is 608 g/mol. The summed E-state index contributed by atoms with van der Waals surface area (Å²) in [5.74, 6) is -2.91. The van der Waals surface area contributed by atoms with Crippen LogP contribution < -0.4 is 0 Å². The quantitative estimate of drug-likeness (QED) is 0.0691. The van der Waals surface area contributed by atoms with E-state index in [4.69, 9.17) is 18.9 Å². The Morgan fingerprint density at radius 2 is 1.17 bits per heavy atom. The largest absolute Gasteiger partial charge is 0.454 e. The zero-order chi connectivity index (χ0) is 31.0. The third kappa shape index (κ3) is 11.2. The Labute approximate surface area is 249 Å². The molecule has 7 N–H and O–H groups in total. The maximum absolute atomic E-state index is 12.7. The van der Waals surface area contributed by atoms with Crippen molar-refractivity contribution in [2.75, 3.05) is 19.8 Å². The summed E-state index contributed by atoms with van der Waals surface area (Å²) < 4.78 is 21.9. The number of hydrogen-bond acceptors (Lipinski definition) is 12. The lowest BCUT2D eigenvalue weighted by atomic mass is 9.99. The predicted molar refractivity (Wildman–Crippen MR) is 152 cm³/mol. The van der Waals surface area contributed by atoms with Gasteiger partial charge in [0.15, 0.2) is 12.4 Å². The van der Waals surface area contributed by atoms with Crippen molar-refractivity contribution in [3.63, 3.8) is 0 Å². The lowest BCUT2D eigenvalue weighted by molar-refractivity contribution is -0.383. The number of esters is 1. The molecule has 2 fully saturated rings. The van der Waals surface area contributed by atoms with Crippen LogP contribution in [0.5, 0.6) is 0 Å². The van der Waals surface area contributed by atoms with Crippen LogP contribution in [0.4, 0.5) is 0 Å². The summed E-state index contributed by atoms with van der Waals surface area (Å²) in [7, 11) is 0. The summed E-state index contributed by atoms with van der Waals surface area (Å²) in [4.78, 5) is 12.7. The number of rotatable bonds is 22. The van der Waals surface area contributed by atoms with Crippen LogP contribution in [0.25, 0.3) is 0 Å². The minimum atomic E-state index is -2.24. The van der Waals surface area contributed by atoms with Gasteiger partial charge in [-0.3, -0.25) is 4.79 Å². The second-order valence-electron chi connectivity index (χ2n) is 11.7. The topological polar surface area (TPSA) is 196 Å². The van der Waals surface area contributed by atoms with Crippen molar-refractivity contribution in [3.05, 3.63) is 0 Å². The third-order valence-electron chi connectivity index (χ3n) is 8.28. The summed E-state index contributed by atoms with van der Waals surface area (Å²) in [6.45, 7) is -0.127. The van der Waals surface area contributed by atoms with Gasteiger partial charge in [0.1, 0.15) is 43.2 Å². The van der Waals surface area contributed by atoms with E-state index in [-0.39, 0.29) is 6.42 Å². The lowest BCUT2D eigenvalue weighted by Crippen LogP contribution is -2.63. The van der Waals surface area contributed by atoms with Crippen molar-refractivity contribution < 1.29 is 59.5 Å². The van der Waals surface area contributed by atoms with Crippen LogP contribution in [0.1, 0.15) is 110 Å². The zero-order valence-corrected chi connectivity index (χ0v) is 25.2. The Balaban J connectivity index is 1.73. The van der Waals surface area contributed by atoms with E-state index in [1.165, 1.54) is 70.6 Å². The summed E-state index contributed by atoms with van der Waals surface area (Å²) in [5.41, 5.74) is 0. The van der Waals surface area contributed by atoms with Gasteiger partial charge in [0.2, 0.25) is 5.79 Å². The smallest absolute Gasteiger partial charge is 0.306 e. The second kappa shape index (κ2) is 20.2. The van der Waals surface area contributed by atoms with Crippen LogP contribution in [-0.2, 0) is 23.7 Å². The van der Waals surface area contributed by atoms with E-state index in [1.54, 1.807) is 0 Å². The van der Waals surface area contributed by atoms with Crippen molar-refractivity contribution in [1.29, 1.82) is 0 Å². The average molecular weight is 609 g/mol. The molecule has 0 saturated carbocycles. The van der Waals surface area contributed by atoms with E-state index in [9.17, 15) is 40.5 Å². The van der Waals surface area contributed by atoms with E-state index < -0.39 is 80.6 Å². The summed E-state index contributed by atoms with van der Waals surface area (Å²) in [6.07, 6.45) is 5.18. The molecule has 9 atom stereocenters. The fourth-order valence-electron chi connectivity index (χ4n) is 5.61. The number of carbonyl (C=O) groups is 1. The van der Waals surface area contributed by atoms with E-state index in [1.807, 2.05) is 0 Å². The molecule has 0 aromatic carbocycles. The minimum absolute atomic E-state index is 0.0623. The molecule has 12 nitrogen and oxygen atoms in total. The molecule has 0 unspecified atom stereocenters. The molecule has 0 radical (unpaired) electrons. The standard InChI is InChI=1S/C30H56O12/c1-2-3-4-5-6-7-8-9-10-11-12-13-14-15-16-17-23(34)40-28-25(36)22(19-32)41-30(28,20-33)42-29-27(38)26(37)24(35)21(18-31)39-29/h21-22,24-29,31-33,35-38H,2-20H2,1H3/t21-,22-,24-,25-,26+,27-,28+,29-,30+/m1/s1. The van der Waals surface area contributed by atoms with Crippen LogP contribution in [0.15, 0.2) is 0 Å². The average Bonchev–Trinajstić information content (AvgIpc) is 3.25. The Kier molecular flexibility index (Phi) is 17.9. The van der Waals surface area contributed by atoms with Gasteiger partial charge in [-0.2, -0.15) is 0 Å². The number of hydrogen-bond donors (Lipinski definition) is 7. The Morgan fingerprint density at radius 3 is 1.64 bits per heavy atom. The van der Waals surface area contributed by atoms with Crippen LogP contribution in [-0.4, -0.2) is 116 Å². The SMILES string of the molecule is CCCCCCCCCCCCCCCCCC(=O)O[C@H]1[C@H](O)[C@@H](CO)O[C@@]1(CO)O[C@H]1O[C@H](CO)[C@@H](O)[C@H](O)[C@H]1O. The highest BCUT2D eigenvalue weighted by molar-refractivity contribution is 5.69. The van der Waals surface area contributed by atoms with Crippen molar-refractivity contribution in [3.8, 4) is 0 Å². The van der Waals surface area contributed by atoms with Crippen molar-refractivity contribution >= 4 is 5.97 Å². The van der Waals surface area contributed by atoms with Gasteiger partial charge in [-0.15, -0.1) is 0 Å². The predicted octanol–water partition coefficient (Wildman–Crippen LogP) is 1.42. The maximum Gasteiger partial charge on any atom is 0.306 e. The second-order valence-corrected chi connectivity index (χ2v) is 11.7. The molecule has 0 amide bonds. The van der Waals surface area contributed by atoms with E-state index in [0.717, 1.165) is 19.3 Å². The van der Waals surface area contributed by atoms with Crippen LogP contribution in [0.2, 0.25) is 0 Å². The lowest BCUT2D eigenvalue weighted by Gasteiger charge is -2.43. The summed E-state index contributed by atoms with van der Waals surface area (Å²) in [5, 5.41) is 70.3. The van der Waals surface area contributed by atoms with Crippen LogP contribution in [0.3, 0.4) is 0 Å². The Bertz CT molecular complexity index is 724. The molecule has 2 saturated heterocycles.